The molecule has 0 atom stereocenters. The third-order valence-corrected chi connectivity index (χ3v) is 8.74. The Morgan fingerprint density at radius 1 is 0.941 bits per heavy atom. The molecule has 0 aliphatic heterocycles. The van der Waals surface area contributed by atoms with Gasteiger partial charge in [0.2, 0.25) is 15.0 Å². The van der Waals surface area contributed by atoms with E-state index in [2.05, 4.69) is 9.97 Å². The molecule has 2 heterocycles. The number of fused-ring (bicyclic) bond motifs is 1. The Morgan fingerprint density at radius 2 is 1.65 bits per heavy atom. The molecule has 0 aliphatic rings. The van der Waals surface area contributed by atoms with Crippen molar-refractivity contribution in [3.8, 4) is 11.5 Å². The van der Waals surface area contributed by atoms with Crippen LogP contribution in [0.15, 0.2) is 64.8 Å². The molecule has 4 rings (SSSR count). The SMILES string of the molecule is COc1ccc2c(c1)nc(S(=O)(=O)Cc1ncc(C)c(OC)c1C)n2S(=O)(=O)c1ccccc1. The summed E-state index contributed by atoms with van der Waals surface area (Å²) in [5.41, 5.74) is 1.85. The first kappa shape index (κ1) is 23.7. The molecular formula is C23H23N3O6S2. The Labute approximate surface area is 198 Å². The lowest BCUT2D eigenvalue weighted by Crippen LogP contribution is -2.20. The molecule has 0 amide bonds. The lowest BCUT2D eigenvalue weighted by molar-refractivity contribution is 0.407. The molecular weight excluding hydrogens is 478 g/mol. The predicted octanol–water partition coefficient (Wildman–Crippen LogP) is 3.28. The van der Waals surface area contributed by atoms with E-state index in [1.165, 1.54) is 44.7 Å². The van der Waals surface area contributed by atoms with Crippen LogP contribution in [0.5, 0.6) is 11.5 Å². The number of rotatable bonds is 7. The molecule has 0 N–H and O–H groups in total. The lowest BCUT2D eigenvalue weighted by Gasteiger charge is -2.14. The average Bonchev–Trinajstić information content (AvgIpc) is 3.22. The normalized spacial score (nSPS) is 12.1. The zero-order valence-corrected chi connectivity index (χ0v) is 20.6. The van der Waals surface area contributed by atoms with Gasteiger partial charge in [0, 0.05) is 23.4 Å². The van der Waals surface area contributed by atoms with Gasteiger partial charge in [0.25, 0.3) is 10.0 Å². The highest BCUT2D eigenvalue weighted by molar-refractivity contribution is 7.93. The fourth-order valence-electron chi connectivity index (χ4n) is 3.73. The van der Waals surface area contributed by atoms with E-state index in [9.17, 15) is 16.8 Å². The van der Waals surface area contributed by atoms with Crippen molar-refractivity contribution in [3.63, 3.8) is 0 Å². The molecule has 9 nitrogen and oxygen atoms in total. The van der Waals surface area contributed by atoms with Gasteiger partial charge in [-0.1, -0.05) is 18.2 Å². The van der Waals surface area contributed by atoms with Crippen LogP contribution in [0.4, 0.5) is 0 Å². The lowest BCUT2D eigenvalue weighted by atomic mass is 10.1. The van der Waals surface area contributed by atoms with Crippen LogP contribution in [0.25, 0.3) is 11.0 Å². The van der Waals surface area contributed by atoms with E-state index in [4.69, 9.17) is 9.47 Å². The van der Waals surface area contributed by atoms with Crippen LogP contribution < -0.4 is 9.47 Å². The fourth-order valence-corrected chi connectivity index (χ4v) is 7.11. The van der Waals surface area contributed by atoms with Gasteiger partial charge in [0.15, 0.2) is 0 Å². The quantitative estimate of drug-likeness (QED) is 0.379. The van der Waals surface area contributed by atoms with E-state index in [1.807, 2.05) is 0 Å². The monoisotopic (exact) mass is 501 g/mol. The summed E-state index contributed by atoms with van der Waals surface area (Å²) in [4.78, 5) is 8.43. The van der Waals surface area contributed by atoms with Crippen LogP contribution >= 0.6 is 0 Å². The van der Waals surface area contributed by atoms with Crippen molar-refractivity contribution >= 4 is 30.9 Å². The second-order valence-corrected chi connectivity index (χ2v) is 11.3. The molecule has 4 aromatic rings. The highest BCUT2D eigenvalue weighted by atomic mass is 32.2. The maximum atomic E-state index is 13.6. The second-order valence-electron chi connectivity index (χ2n) is 7.64. The summed E-state index contributed by atoms with van der Waals surface area (Å²) in [5, 5.41) is -0.597. The molecule has 0 aliphatic carbocycles. The van der Waals surface area contributed by atoms with Crippen LogP contribution in [-0.4, -0.2) is 45.0 Å². The number of ether oxygens (including phenoxy) is 2. The Balaban J connectivity index is 1.96. The molecule has 0 saturated heterocycles. The number of nitrogens with zero attached hydrogens (tertiary/aromatic N) is 3. The maximum absolute atomic E-state index is 13.6. The predicted molar refractivity (Wildman–Crippen MR) is 126 cm³/mol. The maximum Gasteiger partial charge on any atom is 0.270 e. The highest BCUT2D eigenvalue weighted by Crippen LogP contribution is 2.31. The summed E-state index contributed by atoms with van der Waals surface area (Å²) < 4.78 is 65.7. The van der Waals surface area contributed by atoms with Gasteiger partial charge in [0.05, 0.1) is 35.8 Å². The van der Waals surface area contributed by atoms with Crippen LogP contribution in [0.1, 0.15) is 16.8 Å². The fraction of sp³-hybridized carbons (Fsp3) is 0.217. The summed E-state index contributed by atoms with van der Waals surface area (Å²) in [6.07, 6.45) is 1.52. The molecule has 34 heavy (non-hydrogen) atoms. The molecule has 0 saturated carbocycles. The van der Waals surface area contributed by atoms with Gasteiger partial charge in [-0.2, -0.15) is 0 Å². The third-order valence-electron chi connectivity index (χ3n) is 5.43. The van der Waals surface area contributed by atoms with Gasteiger partial charge >= 0.3 is 0 Å². The smallest absolute Gasteiger partial charge is 0.270 e. The number of sulfone groups is 1. The molecule has 0 unspecified atom stereocenters. The van der Waals surface area contributed by atoms with E-state index < -0.39 is 30.8 Å². The zero-order valence-electron chi connectivity index (χ0n) is 19.0. The molecule has 11 heteroatoms. The molecule has 2 aromatic carbocycles. The summed E-state index contributed by atoms with van der Waals surface area (Å²) in [6, 6.07) is 12.1. The molecule has 0 spiro atoms. The number of hydrogen-bond donors (Lipinski definition) is 0. The Hall–Kier alpha value is -3.44. The first-order valence-corrected chi connectivity index (χ1v) is 13.3. The summed E-state index contributed by atoms with van der Waals surface area (Å²) in [6.45, 7) is 3.51. The van der Waals surface area contributed by atoms with Crippen molar-refractivity contribution in [1.82, 2.24) is 13.9 Å². The Kier molecular flexibility index (Phi) is 6.09. The number of imidazole rings is 1. The molecule has 0 radical (unpaired) electrons. The van der Waals surface area contributed by atoms with Crippen LogP contribution in [0.3, 0.4) is 0 Å². The average molecular weight is 502 g/mol. The van der Waals surface area contributed by atoms with Crippen molar-refractivity contribution in [2.24, 2.45) is 0 Å². The summed E-state index contributed by atoms with van der Waals surface area (Å²) >= 11 is 0. The minimum Gasteiger partial charge on any atom is -0.497 e. The van der Waals surface area contributed by atoms with Crippen LogP contribution in [0.2, 0.25) is 0 Å². The van der Waals surface area contributed by atoms with Crippen molar-refractivity contribution in [1.29, 1.82) is 0 Å². The number of benzene rings is 2. The van der Waals surface area contributed by atoms with Crippen molar-refractivity contribution < 1.29 is 26.3 Å². The number of pyridine rings is 1. The first-order chi connectivity index (χ1) is 16.1. The molecule has 0 fully saturated rings. The first-order valence-electron chi connectivity index (χ1n) is 10.2. The zero-order chi connectivity index (χ0) is 24.7. The topological polar surface area (TPSA) is 117 Å². The van der Waals surface area contributed by atoms with Gasteiger partial charge in [-0.25, -0.2) is 25.8 Å². The van der Waals surface area contributed by atoms with Crippen molar-refractivity contribution in [3.05, 3.63) is 71.5 Å². The Bertz CT molecular complexity index is 1590. The number of aromatic nitrogens is 3. The highest BCUT2D eigenvalue weighted by Gasteiger charge is 2.32. The number of aryl methyl sites for hydroxylation is 1. The Morgan fingerprint density at radius 3 is 2.29 bits per heavy atom. The number of hydrogen-bond acceptors (Lipinski definition) is 8. The second kappa shape index (κ2) is 8.73. The van der Waals surface area contributed by atoms with Crippen LogP contribution in [-0.2, 0) is 25.6 Å². The van der Waals surface area contributed by atoms with Gasteiger partial charge in [-0.15, -0.1) is 0 Å². The molecule has 0 bridgehead atoms. The van der Waals surface area contributed by atoms with Gasteiger partial charge in [-0.05, 0) is 38.1 Å². The van der Waals surface area contributed by atoms with Crippen molar-refractivity contribution in [2.75, 3.05) is 14.2 Å². The molecule has 178 valence electrons. The molecule has 2 aromatic heterocycles. The number of methoxy groups -OCH3 is 2. The van der Waals surface area contributed by atoms with E-state index in [0.29, 0.717) is 17.1 Å². The summed E-state index contributed by atoms with van der Waals surface area (Å²) in [7, 11) is -5.60. The van der Waals surface area contributed by atoms with Crippen LogP contribution in [0, 0.1) is 13.8 Å². The van der Waals surface area contributed by atoms with E-state index >= 15 is 0 Å². The van der Waals surface area contributed by atoms with Gasteiger partial charge < -0.3 is 9.47 Å². The van der Waals surface area contributed by atoms with E-state index in [0.717, 1.165) is 9.54 Å². The largest absolute Gasteiger partial charge is 0.497 e. The van der Waals surface area contributed by atoms with E-state index in [-0.39, 0.29) is 21.6 Å². The van der Waals surface area contributed by atoms with Gasteiger partial charge in [0.1, 0.15) is 17.3 Å². The standard InChI is InChI=1S/C23H23N3O6S2/c1-15-13-24-20(16(2)22(15)32-4)14-33(27,28)23-25-19-12-17(31-3)10-11-21(19)26(23)34(29,30)18-8-6-5-7-9-18/h5-13H,14H2,1-4H3. The summed E-state index contributed by atoms with van der Waals surface area (Å²) in [5.74, 6) is 0.384. The third kappa shape index (κ3) is 4.01. The van der Waals surface area contributed by atoms with E-state index in [1.54, 1.807) is 38.1 Å². The minimum absolute atomic E-state index is 0.0621. The minimum atomic E-state index is -4.29. The van der Waals surface area contributed by atoms with Gasteiger partial charge in [-0.3, -0.25) is 4.98 Å². The van der Waals surface area contributed by atoms with Crippen molar-refractivity contribution in [2.45, 2.75) is 29.7 Å².